The normalized spacial score (nSPS) is 18.0. The molecule has 1 aromatic rings. The number of hydrogen-bond acceptors (Lipinski definition) is 2. The number of methoxy groups -OCH3 is 1. The molecule has 2 nitrogen and oxygen atoms in total. The fourth-order valence-electron chi connectivity index (χ4n) is 1.65. The van der Waals surface area contributed by atoms with Crippen LogP contribution in [-0.4, -0.2) is 13.1 Å². The van der Waals surface area contributed by atoms with Gasteiger partial charge in [-0.25, -0.2) is 4.39 Å². The largest absolute Gasteiger partial charge is 0.468 e. The molecule has 3 heteroatoms. The first-order valence-corrected chi connectivity index (χ1v) is 4.28. The number of hydrogen-bond donors (Lipinski definition) is 0. The van der Waals surface area contributed by atoms with Gasteiger partial charge in [-0.15, -0.1) is 0 Å². The summed E-state index contributed by atoms with van der Waals surface area (Å²) in [6.07, 6.45) is 3.39. The lowest BCUT2D eigenvalue weighted by atomic mass is 10.0. The zero-order valence-corrected chi connectivity index (χ0v) is 7.66. The lowest BCUT2D eigenvalue weighted by molar-refractivity contribution is -0.141. The fourth-order valence-corrected chi connectivity index (χ4v) is 1.65. The molecule has 1 unspecified atom stereocenters. The Morgan fingerprint density at radius 2 is 2.29 bits per heavy atom. The van der Waals surface area contributed by atoms with Crippen LogP contribution in [0.2, 0.25) is 0 Å². The molecule has 1 aliphatic rings. The third kappa shape index (κ3) is 1.21. The van der Waals surface area contributed by atoms with Gasteiger partial charge in [-0.2, -0.15) is 0 Å². The minimum atomic E-state index is -0.587. The molecule has 0 amide bonds. The van der Waals surface area contributed by atoms with Crippen LogP contribution in [0.1, 0.15) is 17.0 Å². The molecule has 72 valence electrons. The highest BCUT2D eigenvalue weighted by atomic mass is 19.1. The van der Waals surface area contributed by atoms with E-state index in [0.29, 0.717) is 5.56 Å². The first-order chi connectivity index (χ1) is 6.74. The number of halogens is 1. The number of fused-ring (bicyclic) bond motifs is 1. The Kier molecular flexibility index (Phi) is 2.08. The Morgan fingerprint density at radius 3 is 3.00 bits per heavy atom. The van der Waals surface area contributed by atoms with Gasteiger partial charge >= 0.3 is 5.97 Å². The average molecular weight is 192 g/mol. The fraction of sp³-hybridized carbons (Fsp3) is 0.182. The van der Waals surface area contributed by atoms with E-state index in [1.165, 1.54) is 13.2 Å². The van der Waals surface area contributed by atoms with Crippen LogP contribution in [0.15, 0.2) is 24.3 Å². The summed E-state index contributed by atoms with van der Waals surface area (Å²) in [5, 5.41) is 0. The van der Waals surface area contributed by atoms with Gasteiger partial charge in [0.25, 0.3) is 0 Å². The van der Waals surface area contributed by atoms with Crippen molar-refractivity contribution in [1.82, 2.24) is 0 Å². The second-order valence-corrected chi connectivity index (χ2v) is 3.10. The lowest BCUT2D eigenvalue weighted by Gasteiger charge is -2.08. The number of carbonyl (C=O) groups excluding carboxylic acids is 1. The second kappa shape index (κ2) is 3.25. The Hall–Kier alpha value is -1.64. The van der Waals surface area contributed by atoms with Crippen molar-refractivity contribution in [1.29, 1.82) is 0 Å². The number of ether oxygens (including phenoxy) is 1. The van der Waals surface area contributed by atoms with Gasteiger partial charge in [0, 0.05) is 5.56 Å². The van der Waals surface area contributed by atoms with E-state index in [4.69, 9.17) is 0 Å². The third-order valence-corrected chi connectivity index (χ3v) is 2.32. The summed E-state index contributed by atoms with van der Waals surface area (Å²) in [4.78, 5) is 11.3. The molecule has 1 aromatic carbocycles. The zero-order chi connectivity index (χ0) is 10.1. The van der Waals surface area contributed by atoms with Crippen LogP contribution in [-0.2, 0) is 9.53 Å². The van der Waals surface area contributed by atoms with Crippen molar-refractivity contribution in [3.63, 3.8) is 0 Å². The van der Waals surface area contributed by atoms with Crippen LogP contribution in [0.25, 0.3) is 6.08 Å². The van der Waals surface area contributed by atoms with Gasteiger partial charge in [-0.3, -0.25) is 4.79 Å². The standard InChI is InChI=1S/C11H9FO2/c1-14-11(13)8-6-5-7-3-2-4-9(12)10(7)8/h2-6,8H,1H3. The molecule has 0 aliphatic heterocycles. The van der Waals surface area contributed by atoms with Gasteiger partial charge in [0.15, 0.2) is 0 Å². The maximum atomic E-state index is 13.4. The molecule has 0 N–H and O–H groups in total. The van der Waals surface area contributed by atoms with Crippen molar-refractivity contribution >= 4 is 12.0 Å². The smallest absolute Gasteiger partial charge is 0.317 e. The summed E-state index contributed by atoms with van der Waals surface area (Å²) in [6.45, 7) is 0. The van der Waals surface area contributed by atoms with Gasteiger partial charge in [-0.05, 0) is 11.6 Å². The molecule has 0 aromatic heterocycles. The number of rotatable bonds is 1. The quantitative estimate of drug-likeness (QED) is 0.637. The predicted octanol–water partition coefficient (Wildman–Crippen LogP) is 2.11. The number of carbonyl (C=O) groups is 1. The SMILES string of the molecule is COC(=O)C1C=Cc2cccc(F)c21. The first-order valence-electron chi connectivity index (χ1n) is 4.28. The second-order valence-electron chi connectivity index (χ2n) is 3.10. The van der Waals surface area contributed by atoms with E-state index >= 15 is 0 Å². The van der Waals surface area contributed by atoms with Crippen LogP contribution in [0.3, 0.4) is 0 Å². The van der Waals surface area contributed by atoms with Crippen molar-refractivity contribution in [2.45, 2.75) is 5.92 Å². The van der Waals surface area contributed by atoms with E-state index in [0.717, 1.165) is 5.56 Å². The third-order valence-electron chi connectivity index (χ3n) is 2.32. The van der Waals surface area contributed by atoms with Crippen LogP contribution < -0.4 is 0 Å². The van der Waals surface area contributed by atoms with E-state index in [-0.39, 0.29) is 5.82 Å². The van der Waals surface area contributed by atoms with E-state index in [9.17, 15) is 9.18 Å². The topological polar surface area (TPSA) is 26.3 Å². The molecule has 0 fully saturated rings. The summed E-state index contributed by atoms with van der Waals surface area (Å²) in [5.41, 5.74) is 1.17. The van der Waals surface area contributed by atoms with Gasteiger partial charge < -0.3 is 4.74 Å². The Labute approximate surface area is 81.0 Å². The van der Waals surface area contributed by atoms with Crippen LogP contribution in [0.5, 0.6) is 0 Å². The maximum Gasteiger partial charge on any atom is 0.317 e. The highest BCUT2D eigenvalue weighted by Gasteiger charge is 2.27. The van der Waals surface area contributed by atoms with Crippen molar-refractivity contribution in [2.75, 3.05) is 7.11 Å². The summed E-state index contributed by atoms with van der Waals surface area (Å²) in [7, 11) is 1.30. The molecule has 0 saturated carbocycles. The maximum absolute atomic E-state index is 13.4. The van der Waals surface area contributed by atoms with Crippen molar-refractivity contribution < 1.29 is 13.9 Å². The van der Waals surface area contributed by atoms with Crippen LogP contribution in [0.4, 0.5) is 4.39 Å². The Balaban J connectivity index is 2.47. The van der Waals surface area contributed by atoms with Gasteiger partial charge in [0.1, 0.15) is 11.7 Å². The van der Waals surface area contributed by atoms with E-state index < -0.39 is 11.9 Å². The molecular weight excluding hydrogens is 183 g/mol. The number of benzene rings is 1. The first kappa shape index (κ1) is 8.94. The Morgan fingerprint density at radius 1 is 1.50 bits per heavy atom. The van der Waals surface area contributed by atoms with Crippen LogP contribution >= 0.6 is 0 Å². The molecule has 1 aliphatic carbocycles. The van der Waals surface area contributed by atoms with Crippen molar-refractivity contribution in [3.05, 3.63) is 41.2 Å². The van der Waals surface area contributed by atoms with Crippen molar-refractivity contribution in [2.24, 2.45) is 0 Å². The molecule has 0 radical (unpaired) electrons. The molecule has 2 rings (SSSR count). The number of esters is 1. The summed E-state index contributed by atoms with van der Waals surface area (Å²) in [5.74, 6) is -1.37. The van der Waals surface area contributed by atoms with E-state index in [2.05, 4.69) is 4.74 Å². The van der Waals surface area contributed by atoms with Crippen LogP contribution in [0, 0.1) is 5.82 Å². The molecule has 0 saturated heterocycles. The average Bonchev–Trinajstić information content (AvgIpc) is 2.62. The molecule has 1 atom stereocenters. The highest BCUT2D eigenvalue weighted by molar-refractivity contribution is 5.86. The zero-order valence-electron chi connectivity index (χ0n) is 7.66. The molecule has 14 heavy (non-hydrogen) atoms. The van der Waals surface area contributed by atoms with E-state index in [1.54, 1.807) is 24.3 Å². The molecular formula is C11H9FO2. The summed E-state index contributed by atoms with van der Waals surface area (Å²) >= 11 is 0. The van der Waals surface area contributed by atoms with Gasteiger partial charge in [-0.1, -0.05) is 24.3 Å². The van der Waals surface area contributed by atoms with E-state index in [1.807, 2.05) is 0 Å². The Bertz CT molecular complexity index is 410. The minimum Gasteiger partial charge on any atom is -0.468 e. The van der Waals surface area contributed by atoms with Gasteiger partial charge in [0.2, 0.25) is 0 Å². The molecule has 0 heterocycles. The predicted molar refractivity (Wildman–Crippen MR) is 50.2 cm³/mol. The summed E-state index contributed by atoms with van der Waals surface area (Å²) < 4.78 is 18.0. The molecule has 0 spiro atoms. The monoisotopic (exact) mass is 192 g/mol. The highest BCUT2D eigenvalue weighted by Crippen LogP contribution is 2.32. The van der Waals surface area contributed by atoms with Gasteiger partial charge in [0.05, 0.1) is 7.11 Å². The lowest BCUT2D eigenvalue weighted by Crippen LogP contribution is -2.12. The summed E-state index contributed by atoms with van der Waals surface area (Å²) in [6, 6.07) is 4.75. The molecule has 0 bridgehead atoms. The minimum absolute atomic E-state index is 0.358. The van der Waals surface area contributed by atoms with Crippen molar-refractivity contribution in [3.8, 4) is 0 Å².